The van der Waals surface area contributed by atoms with Crippen molar-refractivity contribution in [2.75, 3.05) is 24.9 Å². The molecule has 1 heterocycles. The van der Waals surface area contributed by atoms with Gasteiger partial charge in [-0.3, -0.25) is 15.6 Å². The smallest absolute Gasteiger partial charge is 0.411 e. The highest BCUT2D eigenvalue weighted by atomic mass is 16.5. The van der Waals surface area contributed by atoms with Crippen molar-refractivity contribution in [3.05, 3.63) is 17.5 Å². The Kier molecular flexibility index (Phi) is 4.47. The number of pyridine rings is 1. The zero-order valence-corrected chi connectivity index (χ0v) is 10.7. The van der Waals surface area contributed by atoms with E-state index in [1.54, 1.807) is 19.9 Å². The van der Waals surface area contributed by atoms with Gasteiger partial charge in [-0.25, -0.2) is 9.59 Å². The third kappa shape index (κ3) is 3.34. The van der Waals surface area contributed by atoms with Crippen LogP contribution in [0, 0.1) is 13.8 Å². The molecule has 98 valence electrons. The normalized spacial score (nSPS) is 9.56. The van der Waals surface area contributed by atoms with E-state index in [1.165, 1.54) is 14.2 Å². The fraction of sp³-hybridized carbons (Fsp3) is 0.364. The van der Waals surface area contributed by atoms with Crippen LogP contribution in [-0.4, -0.2) is 31.4 Å². The van der Waals surface area contributed by atoms with Crippen molar-refractivity contribution in [3.8, 4) is 0 Å². The van der Waals surface area contributed by atoms with Crippen LogP contribution in [-0.2, 0) is 9.47 Å². The maximum Gasteiger partial charge on any atom is 0.411 e. The zero-order chi connectivity index (χ0) is 13.7. The monoisotopic (exact) mass is 253 g/mol. The summed E-state index contributed by atoms with van der Waals surface area (Å²) in [7, 11) is 2.53. The minimum absolute atomic E-state index is 0.457. The lowest BCUT2D eigenvalue weighted by Gasteiger charge is -2.12. The third-order valence-electron chi connectivity index (χ3n) is 2.25. The van der Waals surface area contributed by atoms with E-state index in [9.17, 15) is 9.59 Å². The highest BCUT2D eigenvalue weighted by Crippen LogP contribution is 2.21. The van der Waals surface area contributed by atoms with Crippen LogP contribution < -0.4 is 10.6 Å². The summed E-state index contributed by atoms with van der Waals surface area (Å²) in [5, 5.41) is 5.01. The summed E-state index contributed by atoms with van der Waals surface area (Å²) in [6.45, 7) is 3.47. The molecule has 0 fully saturated rings. The van der Waals surface area contributed by atoms with Gasteiger partial charge >= 0.3 is 12.2 Å². The number of aromatic nitrogens is 1. The van der Waals surface area contributed by atoms with Crippen molar-refractivity contribution in [1.82, 2.24) is 4.98 Å². The fourth-order valence-corrected chi connectivity index (χ4v) is 1.30. The molecule has 1 rings (SSSR count). The van der Waals surface area contributed by atoms with Crippen LogP contribution >= 0.6 is 0 Å². The number of amides is 2. The van der Waals surface area contributed by atoms with Crippen LogP contribution in [0.3, 0.4) is 0 Å². The first kappa shape index (κ1) is 13.8. The van der Waals surface area contributed by atoms with E-state index >= 15 is 0 Å². The Labute approximate surface area is 104 Å². The van der Waals surface area contributed by atoms with Gasteiger partial charge in [0.05, 0.1) is 37.0 Å². The van der Waals surface area contributed by atoms with Crippen LogP contribution in [0.25, 0.3) is 0 Å². The van der Waals surface area contributed by atoms with Crippen molar-refractivity contribution in [1.29, 1.82) is 0 Å². The quantitative estimate of drug-likeness (QED) is 0.841. The van der Waals surface area contributed by atoms with E-state index in [4.69, 9.17) is 0 Å². The number of carbonyl (C=O) groups excluding carboxylic acids is 2. The first-order valence-corrected chi connectivity index (χ1v) is 5.16. The Morgan fingerprint density at radius 1 is 1.00 bits per heavy atom. The first-order chi connectivity index (χ1) is 8.47. The van der Waals surface area contributed by atoms with Gasteiger partial charge in [0.25, 0.3) is 0 Å². The Hall–Kier alpha value is -2.31. The lowest BCUT2D eigenvalue weighted by atomic mass is 10.2. The Balaban J connectivity index is 3.02. The molecule has 0 atom stereocenters. The Morgan fingerprint density at radius 3 is 1.72 bits per heavy atom. The van der Waals surface area contributed by atoms with Crippen molar-refractivity contribution >= 4 is 23.6 Å². The number of hydrogen-bond donors (Lipinski definition) is 2. The number of nitrogens with zero attached hydrogens (tertiary/aromatic N) is 1. The molecule has 0 aliphatic rings. The summed E-state index contributed by atoms with van der Waals surface area (Å²) in [6.07, 6.45) is -1.21. The number of hydrogen-bond acceptors (Lipinski definition) is 5. The number of nitrogens with one attached hydrogen (secondary N) is 2. The SMILES string of the molecule is COC(=O)Nc1cc(NC(=O)OC)c(C)nc1C. The van der Waals surface area contributed by atoms with Gasteiger partial charge in [-0.2, -0.15) is 0 Å². The number of rotatable bonds is 2. The molecule has 0 aliphatic heterocycles. The molecule has 7 nitrogen and oxygen atoms in total. The highest BCUT2D eigenvalue weighted by molar-refractivity contribution is 5.89. The molecule has 2 amide bonds. The molecule has 7 heteroatoms. The molecule has 0 radical (unpaired) electrons. The lowest BCUT2D eigenvalue weighted by Crippen LogP contribution is -2.16. The van der Waals surface area contributed by atoms with Gasteiger partial charge in [0.2, 0.25) is 0 Å². The Bertz CT molecular complexity index is 434. The summed E-state index contributed by atoms with van der Waals surface area (Å²) < 4.78 is 8.98. The summed E-state index contributed by atoms with van der Waals surface area (Å²) in [5.41, 5.74) is 2.15. The van der Waals surface area contributed by atoms with Crippen LogP contribution in [0.2, 0.25) is 0 Å². The average molecular weight is 253 g/mol. The van der Waals surface area contributed by atoms with Gasteiger partial charge in [0.1, 0.15) is 0 Å². The third-order valence-corrected chi connectivity index (χ3v) is 2.25. The van der Waals surface area contributed by atoms with Gasteiger partial charge < -0.3 is 9.47 Å². The second-order valence-electron chi connectivity index (χ2n) is 3.49. The van der Waals surface area contributed by atoms with E-state index < -0.39 is 12.2 Å². The molecule has 0 spiro atoms. The molecule has 2 N–H and O–H groups in total. The molecule has 0 aliphatic carbocycles. The predicted molar refractivity (Wildman–Crippen MR) is 65.8 cm³/mol. The van der Waals surface area contributed by atoms with Crippen LogP contribution in [0.5, 0.6) is 0 Å². The largest absolute Gasteiger partial charge is 0.453 e. The predicted octanol–water partition coefficient (Wildman–Crippen LogP) is 2.06. The molecule has 1 aromatic rings. The van der Waals surface area contributed by atoms with Crippen molar-refractivity contribution in [3.63, 3.8) is 0 Å². The van der Waals surface area contributed by atoms with Crippen molar-refractivity contribution < 1.29 is 19.1 Å². The van der Waals surface area contributed by atoms with Crippen LogP contribution in [0.1, 0.15) is 11.4 Å². The molecule has 1 aromatic heterocycles. The van der Waals surface area contributed by atoms with E-state index in [-0.39, 0.29) is 0 Å². The lowest BCUT2D eigenvalue weighted by molar-refractivity contribution is 0.186. The number of methoxy groups -OCH3 is 2. The maximum atomic E-state index is 11.1. The summed E-state index contributed by atoms with van der Waals surface area (Å²) in [5.74, 6) is 0. The molecule has 0 aromatic carbocycles. The first-order valence-electron chi connectivity index (χ1n) is 5.16. The van der Waals surface area contributed by atoms with Gasteiger partial charge in [-0.1, -0.05) is 0 Å². The fourth-order valence-electron chi connectivity index (χ4n) is 1.30. The molecule has 0 unspecified atom stereocenters. The standard InChI is InChI=1S/C11H15N3O4/c1-6-8(13-10(15)17-3)5-9(7(2)12-6)14-11(16)18-4/h5H,1-4H3,(H,13,15)(H,14,16). The molecular weight excluding hydrogens is 238 g/mol. The minimum Gasteiger partial charge on any atom is -0.453 e. The van der Waals surface area contributed by atoms with Crippen LogP contribution in [0.4, 0.5) is 21.0 Å². The van der Waals surface area contributed by atoms with Gasteiger partial charge in [-0.05, 0) is 19.9 Å². The van der Waals surface area contributed by atoms with Gasteiger partial charge in [0.15, 0.2) is 0 Å². The number of anilines is 2. The number of carbonyl (C=O) groups is 2. The molecule has 18 heavy (non-hydrogen) atoms. The molecular formula is C11H15N3O4. The molecule has 0 saturated heterocycles. The Morgan fingerprint density at radius 2 is 1.39 bits per heavy atom. The average Bonchev–Trinajstić information content (AvgIpc) is 2.34. The summed E-state index contributed by atoms with van der Waals surface area (Å²) >= 11 is 0. The van der Waals surface area contributed by atoms with E-state index in [0.29, 0.717) is 22.8 Å². The zero-order valence-electron chi connectivity index (χ0n) is 10.7. The number of aryl methyl sites for hydroxylation is 2. The van der Waals surface area contributed by atoms with Gasteiger partial charge in [-0.15, -0.1) is 0 Å². The topological polar surface area (TPSA) is 89.6 Å². The van der Waals surface area contributed by atoms with Crippen molar-refractivity contribution in [2.24, 2.45) is 0 Å². The molecule has 0 saturated carbocycles. The van der Waals surface area contributed by atoms with E-state index in [1.807, 2.05) is 0 Å². The number of ether oxygens (including phenoxy) is 2. The maximum absolute atomic E-state index is 11.1. The second kappa shape index (κ2) is 5.85. The van der Waals surface area contributed by atoms with Crippen molar-refractivity contribution in [2.45, 2.75) is 13.8 Å². The minimum atomic E-state index is -0.604. The summed E-state index contributed by atoms with van der Waals surface area (Å²) in [4.78, 5) is 26.5. The molecule has 0 bridgehead atoms. The highest BCUT2D eigenvalue weighted by Gasteiger charge is 2.11. The second-order valence-corrected chi connectivity index (χ2v) is 3.49. The van der Waals surface area contributed by atoms with Crippen LogP contribution in [0.15, 0.2) is 6.07 Å². The van der Waals surface area contributed by atoms with E-state index in [0.717, 1.165) is 0 Å². The summed E-state index contributed by atoms with van der Waals surface area (Å²) in [6, 6.07) is 1.59. The van der Waals surface area contributed by atoms with Gasteiger partial charge in [0, 0.05) is 0 Å². The van der Waals surface area contributed by atoms with E-state index in [2.05, 4.69) is 25.1 Å².